The van der Waals surface area contributed by atoms with Gasteiger partial charge in [-0.05, 0) is 12.5 Å². The van der Waals surface area contributed by atoms with E-state index in [2.05, 4.69) is 10.2 Å². The number of rotatable bonds is 5. The van der Waals surface area contributed by atoms with Gasteiger partial charge in [-0.1, -0.05) is 6.07 Å². The van der Waals surface area contributed by atoms with Gasteiger partial charge in [0.1, 0.15) is 11.6 Å². The summed E-state index contributed by atoms with van der Waals surface area (Å²) in [6.45, 7) is 2.91. The van der Waals surface area contributed by atoms with Gasteiger partial charge >= 0.3 is 0 Å². The summed E-state index contributed by atoms with van der Waals surface area (Å²) >= 11 is 0. The zero-order valence-corrected chi connectivity index (χ0v) is 11.2. The Hall–Kier alpha value is -1.20. The van der Waals surface area contributed by atoms with E-state index in [9.17, 15) is 8.78 Å². The van der Waals surface area contributed by atoms with Crippen molar-refractivity contribution in [2.45, 2.75) is 12.5 Å². The lowest BCUT2D eigenvalue weighted by Crippen LogP contribution is -2.45. The van der Waals surface area contributed by atoms with Crippen molar-refractivity contribution in [3.63, 3.8) is 0 Å². The molecular formula is C14H20F2N2O. The van der Waals surface area contributed by atoms with E-state index in [4.69, 9.17) is 4.74 Å². The molecule has 0 spiro atoms. The van der Waals surface area contributed by atoms with E-state index in [0.717, 1.165) is 26.2 Å². The van der Waals surface area contributed by atoms with Crippen molar-refractivity contribution >= 4 is 0 Å². The van der Waals surface area contributed by atoms with Crippen LogP contribution < -0.4 is 10.1 Å². The number of nitrogens with zero attached hydrogens (tertiary/aromatic N) is 1. The quantitative estimate of drug-likeness (QED) is 0.887. The smallest absolute Gasteiger partial charge is 0.131 e. The number of hydrogen-bond acceptors (Lipinski definition) is 3. The summed E-state index contributed by atoms with van der Waals surface area (Å²) < 4.78 is 31.9. The molecule has 1 saturated heterocycles. The van der Waals surface area contributed by atoms with Crippen LogP contribution in [0.25, 0.3) is 0 Å². The molecule has 1 aromatic rings. The third-order valence-electron chi connectivity index (χ3n) is 3.54. The molecule has 0 amide bonds. The first-order valence-corrected chi connectivity index (χ1v) is 6.60. The Labute approximate surface area is 112 Å². The predicted octanol–water partition coefficient (Wildman–Crippen LogP) is 2.14. The van der Waals surface area contributed by atoms with E-state index >= 15 is 0 Å². The number of hydrogen-bond donors (Lipinski definition) is 1. The number of alkyl halides is 1. The minimum absolute atomic E-state index is 0.196. The highest BCUT2D eigenvalue weighted by molar-refractivity contribution is 5.31. The van der Waals surface area contributed by atoms with Crippen molar-refractivity contribution in [2.24, 2.45) is 0 Å². The maximum atomic E-state index is 14.1. The van der Waals surface area contributed by atoms with Crippen LogP contribution in [-0.2, 0) is 0 Å². The second kappa shape index (κ2) is 6.82. The van der Waals surface area contributed by atoms with Crippen LogP contribution in [0.5, 0.6) is 5.75 Å². The maximum Gasteiger partial charge on any atom is 0.131 e. The monoisotopic (exact) mass is 270 g/mol. The second-order valence-electron chi connectivity index (χ2n) is 4.67. The first-order chi connectivity index (χ1) is 9.26. The summed E-state index contributed by atoms with van der Waals surface area (Å²) in [6.07, 6.45) is 0.323. The molecular weight excluding hydrogens is 250 g/mol. The zero-order chi connectivity index (χ0) is 13.7. The highest BCUT2D eigenvalue weighted by Gasteiger charge is 2.24. The molecule has 0 unspecified atom stereocenters. The van der Waals surface area contributed by atoms with Crippen molar-refractivity contribution in [3.8, 4) is 5.75 Å². The summed E-state index contributed by atoms with van der Waals surface area (Å²) in [4.78, 5) is 2.14. The van der Waals surface area contributed by atoms with Gasteiger partial charge in [-0.3, -0.25) is 9.29 Å². The van der Waals surface area contributed by atoms with Crippen LogP contribution in [0.15, 0.2) is 18.2 Å². The lowest BCUT2D eigenvalue weighted by molar-refractivity contribution is 0.154. The van der Waals surface area contributed by atoms with Crippen molar-refractivity contribution in [3.05, 3.63) is 29.6 Å². The van der Waals surface area contributed by atoms with Crippen LogP contribution in [0.3, 0.4) is 0 Å². The number of methoxy groups -OCH3 is 1. The van der Waals surface area contributed by atoms with Gasteiger partial charge in [0.15, 0.2) is 0 Å². The maximum absolute atomic E-state index is 14.1. The van der Waals surface area contributed by atoms with E-state index in [1.807, 2.05) is 0 Å². The minimum Gasteiger partial charge on any atom is -0.497 e. The van der Waals surface area contributed by atoms with Crippen LogP contribution in [0.4, 0.5) is 8.78 Å². The average molecular weight is 270 g/mol. The molecule has 0 aromatic heterocycles. The Balaban J connectivity index is 2.22. The SMILES string of the molecule is COc1ccc([C@@H](CCF)N2CCNCC2)c(F)c1. The fraction of sp³-hybridized carbons (Fsp3) is 0.571. The molecule has 5 heteroatoms. The first-order valence-electron chi connectivity index (χ1n) is 6.60. The van der Waals surface area contributed by atoms with Gasteiger partial charge in [-0.2, -0.15) is 0 Å². The van der Waals surface area contributed by atoms with Gasteiger partial charge < -0.3 is 10.1 Å². The molecule has 1 atom stereocenters. The topological polar surface area (TPSA) is 24.5 Å². The summed E-state index contributed by atoms with van der Waals surface area (Å²) in [7, 11) is 1.50. The standard InChI is InChI=1S/C14H20F2N2O/c1-19-11-2-3-12(13(16)10-11)14(4-5-15)18-8-6-17-7-9-18/h2-3,10,14,17H,4-9H2,1H3/t14-/m1/s1. The molecule has 1 N–H and O–H groups in total. The first kappa shape index (κ1) is 14.2. The van der Waals surface area contributed by atoms with Gasteiger partial charge in [0.2, 0.25) is 0 Å². The van der Waals surface area contributed by atoms with Crippen molar-refractivity contribution in [2.75, 3.05) is 40.0 Å². The third kappa shape index (κ3) is 3.42. The number of benzene rings is 1. The van der Waals surface area contributed by atoms with E-state index in [0.29, 0.717) is 17.7 Å². The van der Waals surface area contributed by atoms with Crippen LogP contribution in [0.1, 0.15) is 18.0 Å². The molecule has 1 aliphatic rings. The third-order valence-corrected chi connectivity index (χ3v) is 3.54. The van der Waals surface area contributed by atoms with Gasteiger partial charge in [0.05, 0.1) is 13.8 Å². The molecule has 106 valence electrons. The summed E-state index contributed by atoms with van der Waals surface area (Å²) in [5, 5.41) is 3.25. The van der Waals surface area contributed by atoms with Gasteiger partial charge in [-0.25, -0.2) is 4.39 Å². The molecule has 19 heavy (non-hydrogen) atoms. The fourth-order valence-corrected chi connectivity index (χ4v) is 2.54. The van der Waals surface area contributed by atoms with Gasteiger partial charge in [0.25, 0.3) is 0 Å². The van der Waals surface area contributed by atoms with Crippen molar-refractivity contribution in [1.82, 2.24) is 10.2 Å². The molecule has 0 radical (unpaired) electrons. The Bertz CT molecular complexity index is 408. The summed E-state index contributed by atoms with van der Waals surface area (Å²) in [5.74, 6) is 0.164. The molecule has 1 aromatic carbocycles. The Morgan fingerprint density at radius 3 is 2.68 bits per heavy atom. The highest BCUT2D eigenvalue weighted by Crippen LogP contribution is 2.29. The lowest BCUT2D eigenvalue weighted by atomic mass is 10.0. The Morgan fingerprint density at radius 1 is 1.37 bits per heavy atom. The van der Waals surface area contributed by atoms with Crippen molar-refractivity contribution < 1.29 is 13.5 Å². The normalized spacial score (nSPS) is 18.3. The number of piperazine rings is 1. The molecule has 0 aliphatic carbocycles. The number of nitrogens with one attached hydrogen (secondary N) is 1. The molecule has 0 saturated carbocycles. The fourth-order valence-electron chi connectivity index (χ4n) is 2.54. The van der Waals surface area contributed by atoms with Crippen LogP contribution in [0, 0.1) is 5.82 Å². The Morgan fingerprint density at radius 2 is 2.11 bits per heavy atom. The zero-order valence-electron chi connectivity index (χ0n) is 11.2. The summed E-state index contributed by atoms with van der Waals surface area (Å²) in [6, 6.07) is 4.60. The summed E-state index contributed by atoms with van der Waals surface area (Å²) in [5.41, 5.74) is 0.556. The van der Waals surface area contributed by atoms with E-state index in [-0.39, 0.29) is 11.9 Å². The van der Waals surface area contributed by atoms with E-state index in [1.54, 1.807) is 12.1 Å². The van der Waals surface area contributed by atoms with Crippen LogP contribution in [-0.4, -0.2) is 44.9 Å². The van der Waals surface area contributed by atoms with Gasteiger partial charge in [-0.15, -0.1) is 0 Å². The Kier molecular flexibility index (Phi) is 5.10. The lowest BCUT2D eigenvalue weighted by Gasteiger charge is -2.35. The second-order valence-corrected chi connectivity index (χ2v) is 4.67. The average Bonchev–Trinajstić information content (AvgIpc) is 2.46. The largest absolute Gasteiger partial charge is 0.497 e. The highest BCUT2D eigenvalue weighted by atomic mass is 19.1. The predicted molar refractivity (Wildman–Crippen MR) is 70.7 cm³/mol. The molecule has 1 aliphatic heterocycles. The van der Waals surface area contributed by atoms with Crippen molar-refractivity contribution in [1.29, 1.82) is 0 Å². The van der Waals surface area contributed by atoms with Gasteiger partial charge in [0, 0.05) is 43.9 Å². The van der Waals surface area contributed by atoms with Crippen LogP contribution >= 0.6 is 0 Å². The molecule has 2 rings (SSSR count). The molecule has 0 bridgehead atoms. The molecule has 1 heterocycles. The van der Waals surface area contributed by atoms with Crippen LogP contribution in [0.2, 0.25) is 0 Å². The van der Waals surface area contributed by atoms with E-state index < -0.39 is 6.67 Å². The molecule has 1 fully saturated rings. The molecule has 3 nitrogen and oxygen atoms in total. The minimum atomic E-state index is -0.444. The van der Waals surface area contributed by atoms with E-state index in [1.165, 1.54) is 13.2 Å². The number of halogens is 2. The number of ether oxygens (including phenoxy) is 1.